The second-order valence-corrected chi connectivity index (χ2v) is 4.79. The lowest BCUT2D eigenvalue weighted by Crippen LogP contribution is -2.30. The second-order valence-electron chi connectivity index (χ2n) is 3.04. The average molecular weight is 303 g/mol. The Morgan fingerprint density at radius 1 is 1.56 bits per heavy atom. The van der Waals surface area contributed by atoms with Crippen molar-refractivity contribution in [2.45, 2.75) is 6.54 Å². The Balaban J connectivity index is 2.39. The first-order chi connectivity index (χ1) is 7.56. The molecule has 84 valence electrons. The maximum atomic E-state index is 11.4. The lowest BCUT2D eigenvalue weighted by Gasteiger charge is -2.02. The molecule has 8 heteroatoms. The largest absolute Gasteiger partial charge is 0.375 e. The highest BCUT2D eigenvalue weighted by Gasteiger charge is 2.04. The van der Waals surface area contributed by atoms with Crippen LogP contribution in [0.1, 0.15) is 5.69 Å². The molecule has 3 N–H and O–H groups in total. The third kappa shape index (κ3) is 2.22. The number of halogens is 1. The molecular weight excluding hydrogens is 296 g/mol. The summed E-state index contributed by atoms with van der Waals surface area (Å²) in [5.74, 6) is 0. The molecule has 0 radical (unpaired) electrons. The van der Waals surface area contributed by atoms with E-state index in [4.69, 9.17) is 5.73 Å². The summed E-state index contributed by atoms with van der Waals surface area (Å²) >= 11 is 4.36. The number of thiazole rings is 1. The molecule has 2 aromatic heterocycles. The number of anilines is 1. The van der Waals surface area contributed by atoms with Crippen LogP contribution in [-0.2, 0) is 6.54 Å². The number of nitrogens with two attached hydrogens (primary N) is 1. The van der Waals surface area contributed by atoms with Gasteiger partial charge in [-0.1, -0.05) is 0 Å². The van der Waals surface area contributed by atoms with E-state index in [-0.39, 0.29) is 6.54 Å². The fourth-order valence-corrected chi connectivity index (χ4v) is 2.07. The highest BCUT2D eigenvalue weighted by atomic mass is 79.9. The number of nitrogens with zero attached hydrogens (tertiary/aromatic N) is 2. The molecule has 0 saturated heterocycles. The Kier molecular flexibility index (Phi) is 2.92. The third-order valence-corrected chi connectivity index (χ3v) is 3.16. The first-order valence-electron chi connectivity index (χ1n) is 4.25. The van der Waals surface area contributed by atoms with Crippen LogP contribution >= 0.6 is 27.3 Å². The fourth-order valence-electron chi connectivity index (χ4n) is 1.17. The monoisotopic (exact) mass is 302 g/mol. The van der Waals surface area contributed by atoms with Crippen molar-refractivity contribution in [1.82, 2.24) is 14.5 Å². The zero-order chi connectivity index (χ0) is 11.7. The van der Waals surface area contributed by atoms with Gasteiger partial charge >= 0.3 is 5.69 Å². The predicted molar refractivity (Wildman–Crippen MR) is 64.7 cm³/mol. The zero-order valence-corrected chi connectivity index (χ0v) is 10.3. The number of nitrogens with one attached hydrogen (secondary N) is 1. The van der Waals surface area contributed by atoms with Gasteiger partial charge in [-0.15, -0.1) is 11.3 Å². The number of hydrogen-bond acceptors (Lipinski definition) is 5. The van der Waals surface area contributed by atoms with Crippen molar-refractivity contribution in [3.05, 3.63) is 42.6 Å². The van der Waals surface area contributed by atoms with Gasteiger partial charge in [0.05, 0.1) is 16.7 Å². The van der Waals surface area contributed by atoms with Crippen molar-refractivity contribution in [3.8, 4) is 0 Å². The summed E-state index contributed by atoms with van der Waals surface area (Å²) in [7, 11) is 0. The van der Waals surface area contributed by atoms with E-state index in [1.807, 2.05) is 0 Å². The SMILES string of the molecule is Nc1nc(Cn2cc(Br)c(=O)[nH]c2=O)cs1. The van der Waals surface area contributed by atoms with Crippen molar-refractivity contribution in [1.29, 1.82) is 0 Å². The number of nitrogen functional groups attached to an aromatic ring is 1. The van der Waals surface area contributed by atoms with Crippen molar-refractivity contribution in [2.75, 3.05) is 5.73 Å². The van der Waals surface area contributed by atoms with Crippen molar-refractivity contribution >= 4 is 32.4 Å². The molecule has 0 spiro atoms. The topological polar surface area (TPSA) is 93.8 Å². The fraction of sp³-hybridized carbons (Fsp3) is 0.125. The minimum atomic E-state index is -0.472. The van der Waals surface area contributed by atoms with Crippen LogP contribution in [0.2, 0.25) is 0 Å². The third-order valence-electron chi connectivity index (χ3n) is 1.87. The summed E-state index contributed by atoms with van der Waals surface area (Å²) in [6.07, 6.45) is 1.43. The smallest absolute Gasteiger partial charge is 0.328 e. The van der Waals surface area contributed by atoms with Gasteiger partial charge < -0.3 is 5.73 Å². The number of aromatic amines is 1. The van der Waals surface area contributed by atoms with E-state index in [0.717, 1.165) is 0 Å². The molecule has 0 atom stereocenters. The van der Waals surface area contributed by atoms with Crippen LogP contribution in [0.5, 0.6) is 0 Å². The maximum Gasteiger partial charge on any atom is 0.328 e. The summed E-state index contributed by atoms with van der Waals surface area (Å²) in [4.78, 5) is 28.7. The molecule has 0 aromatic carbocycles. The second kappa shape index (κ2) is 4.22. The van der Waals surface area contributed by atoms with E-state index in [1.54, 1.807) is 5.38 Å². The van der Waals surface area contributed by atoms with Gasteiger partial charge in [-0.2, -0.15) is 0 Å². The van der Waals surface area contributed by atoms with Gasteiger partial charge in [0, 0.05) is 11.6 Å². The first-order valence-corrected chi connectivity index (χ1v) is 5.92. The van der Waals surface area contributed by atoms with Crippen molar-refractivity contribution in [3.63, 3.8) is 0 Å². The molecule has 2 rings (SSSR count). The molecule has 0 saturated carbocycles. The molecular formula is C8H7BrN4O2S. The van der Waals surface area contributed by atoms with Gasteiger partial charge in [0.15, 0.2) is 5.13 Å². The Morgan fingerprint density at radius 3 is 2.94 bits per heavy atom. The predicted octanol–water partition coefficient (Wildman–Crippen LogP) is 0.386. The first kappa shape index (κ1) is 11.1. The Hall–Kier alpha value is -1.41. The molecule has 0 aliphatic rings. The standard InChI is InChI=1S/C8H7BrN4O2S/c9-5-2-13(8(15)12-6(5)14)1-4-3-16-7(10)11-4/h2-3H,1H2,(H2,10,11)(H,12,14,15). The number of H-pyrrole nitrogens is 1. The van der Waals surface area contributed by atoms with Crippen molar-refractivity contribution < 1.29 is 0 Å². The van der Waals surface area contributed by atoms with Crippen LogP contribution in [0.3, 0.4) is 0 Å². The van der Waals surface area contributed by atoms with Gasteiger partial charge in [-0.25, -0.2) is 9.78 Å². The van der Waals surface area contributed by atoms with E-state index in [9.17, 15) is 9.59 Å². The highest BCUT2D eigenvalue weighted by Crippen LogP contribution is 2.11. The number of hydrogen-bond donors (Lipinski definition) is 2. The normalized spacial score (nSPS) is 10.6. The molecule has 0 fully saturated rings. The molecule has 0 amide bonds. The number of aromatic nitrogens is 3. The minimum absolute atomic E-state index is 0.280. The van der Waals surface area contributed by atoms with Gasteiger partial charge in [-0.3, -0.25) is 14.3 Å². The molecule has 0 aliphatic carbocycles. The van der Waals surface area contributed by atoms with Crippen LogP contribution in [0.15, 0.2) is 25.6 Å². The molecule has 0 aliphatic heterocycles. The lowest BCUT2D eigenvalue weighted by atomic mass is 10.5. The summed E-state index contributed by atoms with van der Waals surface area (Å²) in [6, 6.07) is 0. The van der Waals surface area contributed by atoms with E-state index in [2.05, 4.69) is 25.9 Å². The molecule has 6 nitrogen and oxygen atoms in total. The summed E-state index contributed by atoms with van der Waals surface area (Å²) < 4.78 is 1.65. The van der Waals surface area contributed by atoms with E-state index in [1.165, 1.54) is 22.1 Å². The van der Waals surface area contributed by atoms with Gasteiger partial charge in [0.1, 0.15) is 0 Å². The number of rotatable bonds is 2. The molecule has 16 heavy (non-hydrogen) atoms. The molecule has 0 bridgehead atoms. The van der Waals surface area contributed by atoms with Gasteiger partial charge in [0.2, 0.25) is 0 Å². The van der Waals surface area contributed by atoms with Crippen LogP contribution in [0.25, 0.3) is 0 Å². The van der Waals surface area contributed by atoms with E-state index in [0.29, 0.717) is 15.3 Å². The van der Waals surface area contributed by atoms with E-state index < -0.39 is 11.2 Å². The zero-order valence-electron chi connectivity index (χ0n) is 7.94. The molecule has 0 unspecified atom stereocenters. The van der Waals surface area contributed by atoms with E-state index >= 15 is 0 Å². The Bertz CT molecular complexity index is 629. The van der Waals surface area contributed by atoms with Crippen LogP contribution < -0.4 is 17.0 Å². The Morgan fingerprint density at radius 2 is 2.31 bits per heavy atom. The minimum Gasteiger partial charge on any atom is -0.375 e. The van der Waals surface area contributed by atoms with Gasteiger partial charge in [-0.05, 0) is 15.9 Å². The molecule has 2 aromatic rings. The van der Waals surface area contributed by atoms with Gasteiger partial charge in [0.25, 0.3) is 5.56 Å². The maximum absolute atomic E-state index is 11.4. The van der Waals surface area contributed by atoms with Crippen LogP contribution in [0, 0.1) is 0 Å². The lowest BCUT2D eigenvalue weighted by molar-refractivity contribution is 0.705. The molecule has 2 heterocycles. The quantitative estimate of drug-likeness (QED) is 0.839. The summed E-state index contributed by atoms with van der Waals surface area (Å²) in [5, 5.41) is 2.22. The summed E-state index contributed by atoms with van der Waals surface area (Å²) in [5.41, 5.74) is 5.24. The summed E-state index contributed by atoms with van der Waals surface area (Å²) in [6.45, 7) is 0.280. The van der Waals surface area contributed by atoms with Crippen LogP contribution in [0.4, 0.5) is 5.13 Å². The highest BCUT2D eigenvalue weighted by molar-refractivity contribution is 9.10. The Labute approximate surface area is 102 Å². The van der Waals surface area contributed by atoms with Crippen LogP contribution in [-0.4, -0.2) is 14.5 Å². The van der Waals surface area contributed by atoms with Crippen molar-refractivity contribution in [2.24, 2.45) is 0 Å². The average Bonchev–Trinajstić information content (AvgIpc) is 2.60.